The summed E-state index contributed by atoms with van der Waals surface area (Å²) in [5, 5.41) is 0. The van der Waals surface area contributed by atoms with E-state index in [1.807, 2.05) is 30.3 Å². The molecule has 136 valence electrons. The number of rotatable bonds is 6. The smallest absolute Gasteiger partial charge is 0.316 e. The fourth-order valence-electron chi connectivity index (χ4n) is 3.74. The monoisotopic (exact) mass is 352 g/mol. The molecule has 0 saturated heterocycles. The Morgan fingerprint density at radius 3 is 2.35 bits per heavy atom. The minimum absolute atomic E-state index is 0.0308. The van der Waals surface area contributed by atoms with E-state index < -0.39 is 5.41 Å². The number of hydrogen-bond donors (Lipinski definition) is 0. The second kappa shape index (κ2) is 7.73. The molecule has 1 saturated carbocycles. The fourth-order valence-corrected chi connectivity index (χ4v) is 3.74. The second-order valence-corrected chi connectivity index (χ2v) is 6.81. The van der Waals surface area contributed by atoms with E-state index in [0.29, 0.717) is 16.9 Å². The maximum atomic E-state index is 13.0. The number of hydrogen-bond acceptors (Lipinski definition) is 4. The predicted molar refractivity (Wildman–Crippen MR) is 99.4 cm³/mol. The number of ketones is 1. The van der Waals surface area contributed by atoms with E-state index in [0.717, 1.165) is 31.2 Å². The lowest BCUT2D eigenvalue weighted by atomic mass is 9.79. The highest BCUT2D eigenvalue weighted by Crippen LogP contribution is 2.42. The largest absolute Gasteiger partial charge is 0.496 e. The lowest BCUT2D eigenvalue weighted by molar-refractivity contribution is -0.152. The van der Waals surface area contributed by atoms with Crippen molar-refractivity contribution >= 4 is 11.8 Å². The average molecular weight is 352 g/mol. The quantitative estimate of drug-likeness (QED) is 0.569. The number of esters is 1. The molecule has 0 atom stereocenters. The third kappa shape index (κ3) is 3.50. The Bertz CT molecular complexity index is 789. The first-order valence-corrected chi connectivity index (χ1v) is 8.97. The molecular formula is C22H24O4. The topological polar surface area (TPSA) is 52.6 Å². The second-order valence-electron chi connectivity index (χ2n) is 6.81. The zero-order valence-electron chi connectivity index (χ0n) is 15.3. The Kier molecular flexibility index (Phi) is 5.40. The third-order valence-electron chi connectivity index (χ3n) is 5.22. The molecular weight excluding hydrogens is 328 g/mol. The summed E-state index contributed by atoms with van der Waals surface area (Å²) in [7, 11) is 1.57. The molecule has 1 aliphatic rings. The highest BCUT2D eigenvalue weighted by Gasteiger charge is 2.44. The summed E-state index contributed by atoms with van der Waals surface area (Å²) < 4.78 is 11.1. The fraction of sp³-hybridized carbons (Fsp3) is 0.364. The van der Waals surface area contributed by atoms with Crippen molar-refractivity contribution in [3.8, 4) is 5.75 Å². The number of ether oxygens (including phenoxy) is 2. The third-order valence-corrected chi connectivity index (χ3v) is 5.22. The van der Waals surface area contributed by atoms with Gasteiger partial charge in [-0.15, -0.1) is 0 Å². The van der Waals surface area contributed by atoms with Crippen LogP contribution in [0.2, 0.25) is 0 Å². The Morgan fingerprint density at radius 2 is 1.73 bits per heavy atom. The van der Waals surface area contributed by atoms with Gasteiger partial charge in [-0.05, 0) is 43.5 Å². The lowest BCUT2D eigenvalue weighted by Gasteiger charge is -2.27. The number of carbonyl (C=O) groups excluding carboxylic acids is 2. The van der Waals surface area contributed by atoms with Crippen LogP contribution in [0.1, 0.15) is 54.1 Å². The Morgan fingerprint density at radius 1 is 1.04 bits per heavy atom. The van der Waals surface area contributed by atoms with Gasteiger partial charge in [-0.1, -0.05) is 43.2 Å². The van der Waals surface area contributed by atoms with Crippen LogP contribution in [0.4, 0.5) is 0 Å². The predicted octanol–water partition coefficient (Wildman–Crippen LogP) is 4.45. The Balaban J connectivity index is 1.82. The molecule has 4 nitrogen and oxygen atoms in total. The van der Waals surface area contributed by atoms with Gasteiger partial charge in [-0.2, -0.15) is 0 Å². The molecule has 0 aliphatic heterocycles. The van der Waals surface area contributed by atoms with Crippen molar-refractivity contribution in [3.63, 3.8) is 0 Å². The molecule has 0 aromatic heterocycles. The van der Waals surface area contributed by atoms with Crippen molar-refractivity contribution in [2.45, 2.75) is 44.6 Å². The molecule has 0 spiro atoms. The van der Waals surface area contributed by atoms with Gasteiger partial charge in [0.2, 0.25) is 0 Å². The molecule has 1 fully saturated rings. The van der Waals surface area contributed by atoms with Crippen LogP contribution in [-0.4, -0.2) is 18.9 Å². The Hall–Kier alpha value is -2.62. The Labute approximate surface area is 154 Å². The highest BCUT2D eigenvalue weighted by molar-refractivity contribution is 5.94. The van der Waals surface area contributed by atoms with Crippen molar-refractivity contribution in [2.24, 2.45) is 0 Å². The first-order valence-electron chi connectivity index (χ1n) is 8.97. The summed E-state index contributed by atoms with van der Waals surface area (Å²) in [5.41, 5.74) is 1.74. The average Bonchev–Trinajstić information content (AvgIpc) is 3.17. The summed E-state index contributed by atoms with van der Waals surface area (Å²) in [6.45, 7) is 1.61. The molecule has 0 radical (unpaired) electrons. The minimum Gasteiger partial charge on any atom is -0.496 e. The van der Waals surface area contributed by atoms with E-state index in [9.17, 15) is 9.59 Å². The normalized spacial score (nSPS) is 15.5. The van der Waals surface area contributed by atoms with Gasteiger partial charge in [0.15, 0.2) is 5.78 Å². The van der Waals surface area contributed by atoms with E-state index in [1.165, 1.54) is 6.92 Å². The molecule has 0 unspecified atom stereocenters. The van der Waals surface area contributed by atoms with Crippen molar-refractivity contribution < 1.29 is 19.1 Å². The molecule has 3 rings (SSSR count). The molecule has 0 N–H and O–H groups in total. The zero-order chi connectivity index (χ0) is 18.6. The first kappa shape index (κ1) is 18.2. The summed E-state index contributed by atoms with van der Waals surface area (Å²) in [4.78, 5) is 24.7. The number of benzene rings is 2. The van der Waals surface area contributed by atoms with Crippen LogP contribution in [0.15, 0.2) is 48.5 Å². The van der Waals surface area contributed by atoms with Crippen molar-refractivity contribution in [1.29, 1.82) is 0 Å². The van der Waals surface area contributed by atoms with Gasteiger partial charge in [0.05, 0.1) is 12.5 Å². The summed E-state index contributed by atoms with van der Waals surface area (Å²) in [6.07, 6.45) is 3.65. The summed E-state index contributed by atoms with van der Waals surface area (Å²) in [5.74, 6) is 0.385. The SMILES string of the molecule is COc1ccc(C(C)=O)cc1COC(=O)C1(c2ccccc2)CCCC1. The first-order chi connectivity index (χ1) is 12.6. The van der Waals surface area contributed by atoms with Crippen LogP contribution in [0.3, 0.4) is 0 Å². The van der Waals surface area contributed by atoms with Crippen LogP contribution in [0, 0.1) is 0 Å². The van der Waals surface area contributed by atoms with Gasteiger partial charge in [0.25, 0.3) is 0 Å². The van der Waals surface area contributed by atoms with Gasteiger partial charge >= 0.3 is 5.97 Å². The van der Waals surface area contributed by atoms with Crippen molar-refractivity contribution in [2.75, 3.05) is 7.11 Å². The van der Waals surface area contributed by atoms with Crippen LogP contribution < -0.4 is 4.74 Å². The highest BCUT2D eigenvalue weighted by atomic mass is 16.5. The maximum absolute atomic E-state index is 13.0. The lowest BCUT2D eigenvalue weighted by Crippen LogP contribution is -2.34. The van der Waals surface area contributed by atoms with E-state index in [1.54, 1.807) is 25.3 Å². The van der Waals surface area contributed by atoms with Gasteiger partial charge in [-0.25, -0.2) is 0 Å². The van der Waals surface area contributed by atoms with Gasteiger partial charge in [0, 0.05) is 11.1 Å². The zero-order valence-corrected chi connectivity index (χ0v) is 15.3. The number of methoxy groups -OCH3 is 1. The molecule has 0 heterocycles. The molecule has 4 heteroatoms. The molecule has 1 aliphatic carbocycles. The van der Waals surface area contributed by atoms with Crippen LogP contribution in [0.25, 0.3) is 0 Å². The summed E-state index contributed by atoms with van der Waals surface area (Å²) >= 11 is 0. The van der Waals surface area contributed by atoms with Gasteiger partial charge in [-0.3, -0.25) is 9.59 Å². The van der Waals surface area contributed by atoms with Crippen LogP contribution in [0.5, 0.6) is 5.75 Å². The van der Waals surface area contributed by atoms with Gasteiger partial charge < -0.3 is 9.47 Å². The summed E-state index contributed by atoms with van der Waals surface area (Å²) in [6, 6.07) is 15.1. The number of carbonyl (C=O) groups is 2. The van der Waals surface area contributed by atoms with E-state index in [-0.39, 0.29) is 18.4 Å². The molecule has 0 bridgehead atoms. The maximum Gasteiger partial charge on any atom is 0.316 e. The molecule has 0 amide bonds. The number of Topliss-reactive ketones (excluding diaryl/α,β-unsaturated/α-hetero) is 1. The van der Waals surface area contributed by atoms with E-state index >= 15 is 0 Å². The van der Waals surface area contributed by atoms with Crippen LogP contribution in [-0.2, 0) is 21.6 Å². The van der Waals surface area contributed by atoms with Crippen molar-refractivity contribution in [3.05, 3.63) is 65.2 Å². The van der Waals surface area contributed by atoms with E-state index in [4.69, 9.17) is 9.47 Å². The molecule has 26 heavy (non-hydrogen) atoms. The van der Waals surface area contributed by atoms with Gasteiger partial charge in [0.1, 0.15) is 12.4 Å². The van der Waals surface area contributed by atoms with Crippen molar-refractivity contribution in [1.82, 2.24) is 0 Å². The standard InChI is InChI=1S/C22H24O4/c1-16(23)17-10-11-20(25-2)18(14-17)15-26-21(24)22(12-6-7-13-22)19-8-4-3-5-9-19/h3-5,8-11,14H,6-7,12-13,15H2,1-2H3. The molecule has 2 aromatic rings. The molecule has 2 aromatic carbocycles. The van der Waals surface area contributed by atoms with Crippen LogP contribution >= 0.6 is 0 Å². The minimum atomic E-state index is -0.563. The van der Waals surface area contributed by atoms with E-state index in [2.05, 4.69) is 0 Å².